The van der Waals surface area contributed by atoms with Gasteiger partial charge in [0.2, 0.25) is 0 Å². The molecule has 1 aromatic carbocycles. The van der Waals surface area contributed by atoms with E-state index in [9.17, 15) is 13.2 Å². The van der Waals surface area contributed by atoms with Crippen molar-refractivity contribution < 1.29 is 27.2 Å². The van der Waals surface area contributed by atoms with Crippen LogP contribution in [0.3, 0.4) is 0 Å². The molecule has 0 unspecified atom stereocenters. The van der Waals surface area contributed by atoms with E-state index in [4.69, 9.17) is 9.29 Å². The number of benzene rings is 1. The van der Waals surface area contributed by atoms with Crippen molar-refractivity contribution in [2.45, 2.75) is 12.7 Å². The van der Waals surface area contributed by atoms with Crippen molar-refractivity contribution in [3.8, 4) is 5.75 Å². The van der Waals surface area contributed by atoms with Crippen LogP contribution in [0.25, 0.3) is 0 Å². The number of hydrogen-bond acceptors (Lipinski definition) is 5. The van der Waals surface area contributed by atoms with Gasteiger partial charge < -0.3 is 9.47 Å². The first-order chi connectivity index (χ1) is 8.40. The summed E-state index contributed by atoms with van der Waals surface area (Å²) >= 11 is 0. The van der Waals surface area contributed by atoms with E-state index in [1.807, 2.05) is 0 Å². The van der Waals surface area contributed by atoms with Gasteiger partial charge >= 0.3 is 5.97 Å². The van der Waals surface area contributed by atoms with Gasteiger partial charge in [0, 0.05) is 0 Å². The highest BCUT2D eigenvalue weighted by Gasteiger charge is 2.07. The molecule has 0 aliphatic heterocycles. The molecule has 0 spiro atoms. The minimum atomic E-state index is -4.04. The lowest BCUT2D eigenvalue weighted by Crippen LogP contribution is -2.14. The molecule has 0 heterocycles. The molecule has 0 atom stereocenters. The highest BCUT2D eigenvalue weighted by molar-refractivity contribution is 7.85. The van der Waals surface area contributed by atoms with Crippen molar-refractivity contribution in [1.29, 1.82) is 0 Å². The van der Waals surface area contributed by atoms with Gasteiger partial charge in [-0.3, -0.25) is 4.55 Å². The third-order valence-corrected chi connectivity index (χ3v) is 2.63. The summed E-state index contributed by atoms with van der Waals surface area (Å²) in [7, 11) is -4.04. The van der Waals surface area contributed by atoms with Gasteiger partial charge in [0.1, 0.15) is 11.5 Å². The number of carbonyl (C=O) groups is 1. The molecule has 6 nitrogen and oxygen atoms in total. The molecule has 7 heteroatoms. The van der Waals surface area contributed by atoms with Crippen LogP contribution in [0.1, 0.15) is 12.5 Å². The van der Waals surface area contributed by atoms with E-state index in [2.05, 4.69) is 4.74 Å². The van der Waals surface area contributed by atoms with Crippen molar-refractivity contribution in [2.75, 3.05) is 13.2 Å². The van der Waals surface area contributed by atoms with Crippen LogP contribution in [-0.2, 0) is 25.4 Å². The molecule has 1 rings (SSSR count). The van der Waals surface area contributed by atoms with E-state index in [0.717, 1.165) is 0 Å². The zero-order valence-electron chi connectivity index (χ0n) is 9.83. The summed E-state index contributed by atoms with van der Waals surface area (Å²) in [6.07, 6.45) is 0. The highest BCUT2D eigenvalue weighted by atomic mass is 32.2. The smallest absolute Gasteiger partial charge is 0.344 e. The van der Waals surface area contributed by atoms with Gasteiger partial charge in [-0.15, -0.1) is 0 Å². The number of carbonyl (C=O) groups excluding carboxylic acids is 1. The van der Waals surface area contributed by atoms with E-state index >= 15 is 0 Å². The van der Waals surface area contributed by atoms with Crippen LogP contribution in [0.4, 0.5) is 0 Å². The summed E-state index contributed by atoms with van der Waals surface area (Å²) in [6, 6.07) is 6.02. The Morgan fingerprint density at radius 1 is 1.28 bits per heavy atom. The van der Waals surface area contributed by atoms with Gasteiger partial charge in [-0.25, -0.2) is 4.79 Å². The fourth-order valence-corrected chi connectivity index (χ4v) is 1.85. The molecule has 1 aromatic rings. The molecule has 18 heavy (non-hydrogen) atoms. The lowest BCUT2D eigenvalue weighted by atomic mass is 10.2. The Labute approximate surface area is 105 Å². The second kappa shape index (κ2) is 6.36. The minimum Gasteiger partial charge on any atom is -0.482 e. The van der Waals surface area contributed by atoms with Crippen molar-refractivity contribution in [1.82, 2.24) is 0 Å². The second-order valence-corrected chi connectivity index (χ2v) is 4.92. The van der Waals surface area contributed by atoms with Crippen LogP contribution < -0.4 is 4.74 Å². The van der Waals surface area contributed by atoms with Crippen molar-refractivity contribution in [2.24, 2.45) is 0 Å². The summed E-state index contributed by atoms with van der Waals surface area (Å²) in [6.45, 7) is 1.78. The Bertz CT molecular complexity index is 491. The average molecular weight is 274 g/mol. The van der Waals surface area contributed by atoms with Crippen LogP contribution in [0.15, 0.2) is 24.3 Å². The third kappa shape index (κ3) is 5.65. The molecule has 0 radical (unpaired) electrons. The molecule has 1 N–H and O–H groups in total. The minimum absolute atomic E-state index is 0.203. The zero-order chi connectivity index (χ0) is 13.6. The summed E-state index contributed by atoms with van der Waals surface area (Å²) in [5.74, 6) is -0.507. The second-order valence-electron chi connectivity index (χ2n) is 3.46. The standard InChI is InChI=1S/C11H14O6S/c1-2-16-11(12)7-17-10-5-3-9(4-6-10)8-18(13,14)15/h3-6H,2,7-8H2,1H3,(H,13,14,15). The van der Waals surface area contributed by atoms with Gasteiger partial charge in [-0.2, -0.15) is 8.42 Å². The maximum absolute atomic E-state index is 11.0. The van der Waals surface area contributed by atoms with E-state index in [0.29, 0.717) is 11.3 Å². The first kappa shape index (κ1) is 14.5. The predicted octanol–water partition coefficient (Wildman–Crippen LogP) is 1.02. The summed E-state index contributed by atoms with van der Waals surface area (Å²) in [5, 5.41) is 0. The molecule has 0 aliphatic carbocycles. The van der Waals surface area contributed by atoms with Crippen LogP contribution >= 0.6 is 0 Å². The quantitative estimate of drug-likeness (QED) is 0.615. The predicted molar refractivity (Wildman–Crippen MR) is 63.8 cm³/mol. The molecule has 0 aromatic heterocycles. The fraction of sp³-hybridized carbons (Fsp3) is 0.364. The first-order valence-corrected chi connectivity index (χ1v) is 6.84. The largest absolute Gasteiger partial charge is 0.482 e. The molecule has 100 valence electrons. The average Bonchev–Trinajstić information content (AvgIpc) is 2.26. The topological polar surface area (TPSA) is 89.9 Å². The van der Waals surface area contributed by atoms with Crippen LogP contribution in [0.5, 0.6) is 5.75 Å². The van der Waals surface area contributed by atoms with E-state index in [1.54, 1.807) is 6.92 Å². The molecule has 0 bridgehead atoms. The Morgan fingerprint density at radius 2 is 1.89 bits per heavy atom. The number of hydrogen-bond donors (Lipinski definition) is 1. The first-order valence-electron chi connectivity index (χ1n) is 5.23. The lowest BCUT2D eigenvalue weighted by molar-refractivity contribution is -0.145. The third-order valence-electron chi connectivity index (χ3n) is 1.93. The molecule has 0 amide bonds. The van der Waals surface area contributed by atoms with Gasteiger partial charge in [-0.05, 0) is 24.6 Å². The summed E-state index contributed by atoms with van der Waals surface area (Å²) in [5.41, 5.74) is 0.431. The molecule has 0 saturated carbocycles. The molecule has 0 aliphatic rings. The van der Waals surface area contributed by atoms with Crippen LogP contribution in [-0.4, -0.2) is 32.2 Å². The Morgan fingerprint density at radius 3 is 2.39 bits per heavy atom. The van der Waals surface area contributed by atoms with E-state index in [-0.39, 0.29) is 13.2 Å². The van der Waals surface area contributed by atoms with Crippen LogP contribution in [0.2, 0.25) is 0 Å². The number of rotatable bonds is 6. The van der Waals surface area contributed by atoms with E-state index in [1.165, 1.54) is 24.3 Å². The number of ether oxygens (including phenoxy) is 2. The molecular weight excluding hydrogens is 260 g/mol. The molecule has 0 fully saturated rings. The van der Waals surface area contributed by atoms with E-state index < -0.39 is 21.8 Å². The molecular formula is C11H14O6S. The Kier molecular flexibility index (Phi) is 5.11. The lowest BCUT2D eigenvalue weighted by Gasteiger charge is -2.06. The maximum atomic E-state index is 11.0. The van der Waals surface area contributed by atoms with Gasteiger partial charge in [0.15, 0.2) is 6.61 Å². The normalized spacial score (nSPS) is 11.0. The van der Waals surface area contributed by atoms with Gasteiger partial charge in [-0.1, -0.05) is 12.1 Å². The highest BCUT2D eigenvalue weighted by Crippen LogP contribution is 2.13. The summed E-state index contributed by atoms with van der Waals surface area (Å²) < 4.78 is 39.7. The maximum Gasteiger partial charge on any atom is 0.344 e. The number of esters is 1. The fourth-order valence-electron chi connectivity index (χ4n) is 1.24. The SMILES string of the molecule is CCOC(=O)COc1ccc(CS(=O)(=O)O)cc1. The zero-order valence-corrected chi connectivity index (χ0v) is 10.6. The van der Waals surface area contributed by atoms with Gasteiger partial charge in [0.05, 0.1) is 6.61 Å². The van der Waals surface area contributed by atoms with Crippen LogP contribution in [0, 0.1) is 0 Å². The Balaban J connectivity index is 2.53. The van der Waals surface area contributed by atoms with Gasteiger partial charge in [0.25, 0.3) is 10.1 Å². The Hall–Kier alpha value is -1.60. The monoisotopic (exact) mass is 274 g/mol. The van der Waals surface area contributed by atoms with Crippen molar-refractivity contribution >= 4 is 16.1 Å². The van der Waals surface area contributed by atoms with Crippen molar-refractivity contribution in [3.05, 3.63) is 29.8 Å². The molecule has 0 saturated heterocycles. The summed E-state index contributed by atoms with van der Waals surface area (Å²) in [4.78, 5) is 11.0. The van der Waals surface area contributed by atoms with Crippen molar-refractivity contribution in [3.63, 3.8) is 0 Å².